The van der Waals surface area contributed by atoms with E-state index < -0.39 is 5.97 Å². The summed E-state index contributed by atoms with van der Waals surface area (Å²) in [6.07, 6.45) is 1.80. The van der Waals surface area contributed by atoms with Crippen LogP contribution in [0.1, 0.15) is 40.9 Å². The molecule has 0 amide bonds. The van der Waals surface area contributed by atoms with E-state index in [0.29, 0.717) is 11.5 Å². The molecule has 2 aromatic rings. The zero-order valence-electron chi connectivity index (χ0n) is 9.90. The Morgan fingerprint density at radius 1 is 1.50 bits per heavy atom. The summed E-state index contributed by atoms with van der Waals surface area (Å²) in [7, 11) is 0. The second kappa shape index (κ2) is 4.05. The number of carbonyl (C=O) groups is 1. The SMILES string of the molecule is CC1CCc2c1nc1c(Br)cccc1c2C(=O)O. The Balaban J connectivity index is 2.48. The number of aromatic carboxylic acids is 1. The largest absolute Gasteiger partial charge is 0.478 e. The summed E-state index contributed by atoms with van der Waals surface area (Å²) < 4.78 is 0.851. The van der Waals surface area contributed by atoms with Crippen LogP contribution in [0, 0.1) is 0 Å². The lowest BCUT2D eigenvalue weighted by Crippen LogP contribution is -2.06. The van der Waals surface area contributed by atoms with Crippen molar-refractivity contribution in [2.75, 3.05) is 0 Å². The first-order chi connectivity index (χ1) is 8.59. The maximum Gasteiger partial charge on any atom is 0.336 e. The molecule has 1 aliphatic rings. The first-order valence-electron chi connectivity index (χ1n) is 5.94. The lowest BCUT2D eigenvalue weighted by molar-refractivity contribution is 0.0698. The molecule has 1 N–H and O–H groups in total. The van der Waals surface area contributed by atoms with Crippen LogP contribution in [0.25, 0.3) is 10.9 Å². The van der Waals surface area contributed by atoms with Gasteiger partial charge in [-0.1, -0.05) is 19.1 Å². The lowest BCUT2D eigenvalue weighted by Gasteiger charge is -2.11. The molecule has 4 heteroatoms. The average molecular weight is 306 g/mol. The van der Waals surface area contributed by atoms with Gasteiger partial charge in [0.1, 0.15) is 0 Å². The molecule has 0 saturated heterocycles. The highest BCUT2D eigenvalue weighted by Gasteiger charge is 2.28. The molecule has 92 valence electrons. The third-order valence-corrected chi connectivity index (χ3v) is 4.25. The number of carboxylic acid groups (broad SMARTS) is 1. The molecule has 1 aromatic heterocycles. The summed E-state index contributed by atoms with van der Waals surface area (Å²) in [4.78, 5) is 16.2. The standard InChI is InChI=1S/C14H12BrNO2/c1-7-5-6-9-11(14(17)18)8-3-2-4-10(15)13(8)16-12(7)9/h2-4,7H,5-6H2,1H3,(H,17,18). The third kappa shape index (κ3) is 1.56. The lowest BCUT2D eigenvalue weighted by atomic mass is 10.0. The Hall–Kier alpha value is -1.42. The van der Waals surface area contributed by atoms with Crippen LogP contribution < -0.4 is 0 Å². The molecular formula is C14H12BrNO2. The topological polar surface area (TPSA) is 50.2 Å². The molecule has 0 aliphatic heterocycles. The van der Waals surface area contributed by atoms with Crippen LogP contribution in [-0.4, -0.2) is 16.1 Å². The highest BCUT2D eigenvalue weighted by atomic mass is 79.9. The predicted octanol–water partition coefficient (Wildman–Crippen LogP) is 3.75. The van der Waals surface area contributed by atoms with Crippen LogP contribution in [0.15, 0.2) is 22.7 Å². The van der Waals surface area contributed by atoms with Gasteiger partial charge in [-0.2, -0.15) is 0 Å². The van der Waals surface area contributed by atoms with E-state index in [2.05, 4.69) is 27.8 Å². The van der Waals surface area contributed by atoms with Crippen molar-refractivity contribution >= 4 is 32.8 Å². The van der Waals surface area contributed by atoms with Gasteiger partial charge in [0.25, 0.3) is 0 Å². The van der Waals surface area contributed by atoms with Crippen LogP contribution in [0.2, 0.25) is 0 Å². The Morgan fingerprint density at radius 2 is 2.28 bits per heavy atom. The molecule has 18 heavy (non-hydrogen) atoms. The van der Waals surface area contributed by atoms with Crippen LogP contribution in [0.3, 0.4) is 0 Å². The molecule has 0 fully saturated rings. The van der Waals surface area contributed by atoms with Gasteiger partial charge in [0.2, 0.25) is 0 Å². The van der Waals surface area contributed by atoms with Crippen molar-refractivity contribution in [2.45, 2.75) is 25.7 Å². The van der Waals surface area contributed by atoms with E-state index in [1.165, 1.54) is 0 Å². The number of halogens is 1. The molecule has 1 aliphatic carbocycles. The highest BCUT2D eigenvalue weighted by molar-refractivity contribution is 9.10. The Kier molecular flexibility index (Phi) is 2.63. The van der Waals surface area contributed by atoms with E-state index in [9.17, 15) is 9.90 Å². The molecule has 1 atom stereocenters. The summed E-state index contributed by atoms with van der Waals surface area (Å²) in [5.74, 6) is -0.513. The quantitative estimate of drug-likeness (QED) is 0.873. The van der Waals surface area contributed by atoms with Crippen LogP contribution >= 0.6 is 15.9 Å². The Labute approximate surface area is 113 Å². The summed E-state index contributed by atoms with van der Waals surface area (Å²) in [5.41, 5.74) is 3.05. The minimum Gasteiger partial charge on any atom is -0.478 e. The van der Waals surface area contributed by atoms with Gasteiger partial charge in [-0.3, -0.25) is 4.98 Å². The summed E-state index contributed by atoms with van der Waals surface area (Å²) in [6, 6.07) is 5.58. The van der Waals surface area contributed by atoms with E-state index in [1.54, 1.807) is 0 Å². The molecule has 1 unspecified atom stereocenters. The second-order valence-electron chi connectivity index (χ2n) is 4.73. The summed E-state index contributed by atoms with van der Waals surface area (Å²) in [6.45, 7) is 2.10. The van der Waals surface area contributed by atoms with Gasteiger partial charge in [0, 0.05) is 15.6 Å². The second-order valence-corrected chi connectivity index (χ2v) is 5.59. The monoisotopic (exact) mass is 305 g/mol. The van der Waals surface area contributed by atoms with Crippen molar-refractivity contribution in [3.05, 3.63) is 39.5 Å². The number of benzene rings is 1. The first-order valence-corrected chi connectivity index (χ1v) is 6.73. The van der Waals surface area contributed by atoms with E-state index in [0.717, 1.165) is 39.5 Å². The summed E-state index contributed by atoms with van der Waals surface area (Å²) in [5, 5.41) is 10.2. The number of hydrogen-bond acceptors (Lipinski definition) is 2. The van der Waals surface area contributed by atoms with Crippen LogP contribution in [0.4, 0.5) is 0 Å². The first kappa shape index (κ1) is 11.7. The van der Waals surface area contributed by atoms with E-state index in [-0.39, 0.29) is 0 Å². The summed E-state index contributed by atoms with van der Waals surface area (Å²) >= 11 is 3.45. The smallest absolute Gasteiger partial charge is 0.336 e. The van der Waals surface area contributed by atoms with E-state index in [1.807, 2.05) is 18.2 Å². The number of pyridine rings is 1. The number of fused-ring (bicyclic) bond motifs is 2. The van der Waals surface area contributed by atoms with Crippen molar-refractivity contribution in [1.82, 2.24) is 4.98 Å². The van der Waals surface area contributed by atoms with Gasteiger partial charge < -0.3 is 5.11 Å². The minimum absolute atomic E-state index is 0.342. The molecule has 0 radical (unpaired) electrons. The molecule has 1 aromatic carbocycles. The maximum absolute atomic E-state index is 11.5. The molecule has 3 nitrogen and oxygen atoms in total. The maximum atomic E-state index is 11.5. The number of aromatic nitrogens is 1. The third-order valence-electron chi connectivity index (χ3n) is 3.61. The van der Waals surface area contributed by atoms with Crippen molar-refractivity contribution in [1.29, 1.82) is 0 Å². The predicted molar refractivity (Wildman–Crippen MR) is 73.1 cm³/mol. The van der Waals surface area contributed by atoms with Crippen LogP contribution in [-0.2, 0) is 6.42 Å². The molecule has 0 spiro atoms. The molecule has 3 rings (SSSR count). The van der Waals surface area contributed by atoms with Gasteiger partial charge >= 0.3 is 5.97 Å². The van der Waals surface area contributed by atoms with Gasteiger partial charge in [-0.05, 0) is 46.3 Å². The van der Waals surface area contributed by atoms with Gasteiger partial charge in [-0.15, -0.1) is 0 Å². The van der Waals surface area contributed by atoms with Crippen LogP contribution in [0.5, 0.6) is 0 Å². The fourth-order valence-corrected chi connectivity index (χ4v) is 3.17. The van der Waals surface area contributed by atoms with E-state index >= 15 is 0 Å². The van der Waals surface area contributed by atoms with E-state index in [4.69, 9.17) is 0 Å². The Bertz CT molecular complexity index is 666. The fraction of sp³-hybridized carbons (Fsp3) is 0.286. The van der Waals surface area contributed by atoms with Crippen molar-refractivity contribution in [3.63, 3.8) is 0 Å². The molecule has 0 saturated carbocycles. The number of hydrogen-bond donors (Lipinski definition) is 1. The minimum atomic E-state index is -0.856. The average Bonchev–Trinajstić information content (AvgIpc) is 2.69. The normalized spacial score (nSPS) is 18.0. The number of rotatable bonds is 1. The van der Waals surface area contributed by atoms with Gasteiger partial charge in [-0.25, -0.2) is 4.79 Å². The fourth-order valence-electron chi connectivity index (χ4n) is 2.71. The van der Waals surface area contributed by atoms with Gasteiger partial charge in [0.05, 0.1) is 11.1 Å². The Morgan fingerprint density at radius 3 is 3.00 bits per heavy atom. The highest BCUT2D eigenvalue weighted by Crippen LogP contribution is 2.38. The molecular weight excluding hydrogens is 294 g/mol. The zero-order valence-corrected chi connectivity index (χ0v) is 11.5. The van der Waals surface area contributed by atoms with Crippen molar-refractivity contribution in [3.8, 4) is 0 Å². The van der Waals surface area contributed by atoms with Crippen molar-refractivity contribution in [2.24, 2.45) is 0 Å². The number of carboxylic acids is 1. The molecule has 1 heterocycles. The number of para-hydroxylation sites is 1. The van der Waals surface area contributed by atoms with Crippen molar-refractivity contribution < 1.29 is 9.90 Å². The zero-order chi connectivity index (χ0) is 12.9. The number of nitrogens with zero attached hydrogens (tertiary/aromatic N) is 1. The van der Waals surface area contributed by atoms with Gasteiger partial charge in [0.15, 0.2) is 0 Å². The molecule has 0 bridgehead atoms.